The fourth-order valence-corrected chi connectivity index (χ4v) is 0.950. The molecule has 0 aliphatic rings. The van der Waals surface area contributed by atoms with Gasteiger partial charge in [0.05, 0.1) is 5.75 Å². The summed E-state index contributed by atoms with van der Waals surface area (Å²) in [4.78, 5) is 1.45. The molecule has 0 aromatic rings. The second-order valence-corrected chi connectivity index (χ2v) is 3.60. The number of rotatable bonds is 4. The van der Waals surface area contributed by atoms with E-state index in [-0.39, 0.29) is 12.3 Å². The number of hydrazone groups is 1. The molecule has 0 aromatic heterocycles. The lowest BCUT2D eigenvalue weighted by molar-refractivity contribution is 0.468. The summed E-state index contributed by atoms with van der Waals surface area (Å²) in [6.45, 7) is 0.166. The summed E-state index contributed by atoms with van der Waals surface area (Å²) < 4.78 is 28.7. The molecule has 0 unspecified atom stereocenters. The highest BCUT2D eigenvalue weighted by atomic mass is 32.2. The molecular formula is C4H11N3O3S. The number of nitrogens with two attached hydrogens (primary N) is 1. The summed E-state index contributed by atoms with van der Waals surface area (Å²) in [6.07, 6.45) is 1.27. The van der Waals surface area contributed by atoms with Crippen LogP contribution in [0.3, 0.4) is 0 Å². The molecule has 0 saturated heterocycles. The highest BCUT2D eigenvalue weighted by molar-refractivity contribution is 7.85. The normalized spacial score (nSPS) is 12.2. The summed E-state index contributed by atoms with van der Waals surface area (Å²) in [5.41, 5.74) is 0. The van der Waals surface area contributed by atoms with Crippen LogP contribution in [0.2, 0.25) is 0 Å². The Kier molecular flexibility index (Phi) is 3.83. The monoisotopic (exact) mass is 181 g/mol. The van der Waals surface area contributed by atoms with Crippen molar-refractivity contribution in [2.24, 2.45) is 10.9 Å². The van der Waals surface area contributed by atoms with E-state index in [0.717, 1.165) is 0 Å². The molecule has 7 heteroatoms. The maximum Gasteiger partial charge on any atom is 0.266 e. The van der Waals surface area contributed by atoms with Crippen LogP contribution in [0.4, 0.5) is 0 Å². The van der Waals surface area contributed by atoms with Crippen LogP contribution in [0.25, 0.3) is 0 Å². The Balaban J connectivity index is 3.72. The van der Waals surface area contributed by atoms with E-state index < -0.39 is 10.1 Å². The van der Waals surface area contributed by atoms with Crippen LogP contribution in [0.5, 0.6) is 0 Å². The van der Waals surface area contributed by atoms with Crippen molar-refractivity contribution >= 4 is 16.5 Å². The van der Waals surface area contributed by atoms with Gasteiger partial charge in [-0.1, -0.05) is 0 Å². The Morgan fingerprint density at radius 3 is 2.64 bits per heavy atom. The summed E-state index contributed by atoms with van der Waals surface area (Å²) in [5.74, 6) is 4.46. The molecule has 0 radical (unpaired) electrons. The number of hydrogen-bond donors (Lipinski definition) is 2. The second kappa shape index (κ2) is 4.14. The zero-order valence-electron chi connectivity index (χ0n) is 6.14. The predicted molar refractivity (Wildman–Crippen MR) is 41.7 cm³/mol. The van der Waals surface area contributed by atoms with Crippen LogP contribution in [-0.2, 0) is 10.1 Å². The molecule has 66 valence electrons. The summed E-state index contributed by atoms with van der Waals surface area (Å²) in [5, 5.41) is 3.16. The molecule has 0 bridgehead atoms. The van der Waals surface area contributed by atoms with E-state index >= 15 is 0 Å². The standard InChI is InChI=1S/C4H11N3O3S/c1-7(4-6-5)2-3-11(8,9)10/h4H,2-3,5H2,1H3,(H,8,9,10). The number of hydrogen-bond acceptors (Lipinski definition) is 4. The smallest absolute Gasteiger partial charge is 0.266 e. The third-order valence-corrected chi connectivity index (χ3v) is 1.66. The molecule has 0 heterocycles. The van der Waals surface area contributed by atoms with Crippen molar-refractivity contribution in [2.45, 2.75) is 0 Å². The first-order valence-electron chi connectivity index (χ1n) is 2.84. The lowest BCUT2D eigenvalue weighted by atomic mass is 10.7. The Hall–Kier alpha value is -0.820. The fourth-order valence-electron chi connectivity index (χ4n) is 0.431. The summed E-state index contributed by atoms with van der Waals surface area (Å²) >= 11 is 0. The van der Waals surface area contributed by atoms with Crippen LogP contribution in [0, 0.1) is 0 Å². The van der Waals surface area contributed by atoms with E-state index in [2.05, 4.69) is 5.10 Å². The molecule has 0 saturated carbocycles. The lowest BCUT2D eigenvalue weighted by Gasteiger charge is -2.09. The van der Waals surface area contributed by atoms with Gasteiger partial charge in [-0.05, 0) is 0 Å². The molecular weight excluding hydrogens is 170 g/mol. The fraction of sp³-hybridized carbons (Fsp3) is 0.750. The molecule has 0 aliphatic carbocycles. The van der Waals surface area contributed by atoms with E-state index in [9.17, 15) is 8.42 Å². The van der Waals surface area contributed by atoms with E-state index in [1.54, 1.807) is 7.05 Å². The molecule has 0 aliphatic heterocycles. The Labute approximate surface area is 65.4 Å². The first kappa shape index (κ1) is 10.2. The first-order valence-corrected chi connectivity index (χ1v) is 4.45. The molecule has 0 aromatic carbocycles. The third kappa shape index (κ3) is 7.07. The number of nitrogens with zero attached hydrogens (tertiary/aromatic N) is 2. The van der Waals surface area contributed by atoms with Crippen molar-refractivity contribution in [3.8, 4) is 0 Å². The van der Waals surface area contributed by atoms with Gasteiger partial charge in [-0.25, -0.2) is 0 Å². The molecule has 0 atom stereocenters. The molecule has 0 rings (SSSR count). The Morgan fingerprint density at radius 1 is 1.73 bits per heavy atom. The lowest BCUT2D eigenvalue weighted by Crippen LogP contribution is -2.24. The molecule has 3 N–H and O–H groups in total. The zero-order valence-corrected chi connectivity index (χ0v) is 6.95. The van der Waals surface area contributed by atoms with E-state index in [0.29, 0.717) is 0 Å². The van der Waals surface area contributed by atoms with Gasteiger partial charge in [0.2, 0.25) is 0 Å². The Bertz CT molecular complexity index is 223. The first-order chi connectivity index (χ1) is 4.95. The Morgan fingerprint density at radius 2 is 2.27 bits per heavy atom. The van der Waals surface area contributed by atoms with Crippen LogP contribution in [0.1, 0.15) is 0 Å². The average molecular weight is 181 g/mol. The van der Waals surface area contributed by atoms with Gasteiger partial charge in [-0.15, -0.1) is 0 Å². The topological polar surface area (TPSA) is 96.0 Å². The van der Waals surface area contributed by atoms with Gasteiger partial charge in [-0.3, -0.25) is 4.55 Å². The minimum Gasteiger partial charge on any atom is -0.363 e. The minimum absolute atomic E-state index is 0.166. The SMILES string of the molecule is CN(C=NN)CCS(=O)(=O)O. The molecule has 0 fully saturated rings. The average Bonchev–Trinajstić information content (AvgIpc) is 1.83. The van der Waals surface area contributed by atoms with Crippen molar-refractivity contribution < 1.29 is 13.0 Å². The van der Waals surface area contributed by atoms with Crippen molar-refractivity contribution in [1.29, 1.82) is 0 Å². The zero-order chi connectivity index (χ0) is 8.91. The highest BCUT2D eigenvalue weighted by Crippen LogP contribution is 1.83. The second-order valence-electron chi connectivity index (χ2n) is 2.03. The van der Waals surface area contributed by atoms with Gasteiger partial charge < -0.3 is 10.7 Å². The van der Waals surface area contributed by atoms with E-state index in [1.807, 2.05) is 0 Å². The predicted octanol–water partition coefficient (Wildman–Crippen LogP) is -1.29. The largest absolute Gasteiger partial charge is 0.363 e. The van der Waals surface area contributed by atoms with Gasteiger partial charge in [-0.2, -0.15) is 13.5 Å². The quantitative estimate of drug-likeness (QED) is 0.185. The van der Waals surface area contributed by atoms with Crippen molar-refractivity contribution in [2.75, 3.05) is 19.3 Å². The summed E-state index contributed by atoms with van der Waals surface area (Å²) in [6, 6.07) is 0. The highest BCUT2D eigenvalue weighted by Gasteiger charge is 2.04. The van der Waals surface area contributed by atoms with Gasteiger partial charge in [0.25, 0.3) is 10.1 Å². The summed E-state index contributed by atoms with van der Waals surface area (Å²) in [7, 11) is -2.28. The van der Waals surface area contributed by atoms with Crippen LogP contribution in [-0.4, -0.2) is 43.6 Å². The van der Waals surface area contributed by atoms with E-state index in [1.165, 1.54) is 11.2 Å². The molecule has 0 spiro atoms. The van der Waals surface area contributed by atoms with Crippen molar-refractivity contribution in [1.82, 2.24) is 4.90 Å². The van der Waals surface area contributed by atoms with Crippen LogP contribution in [0.15, 0.2) is 5.10 Å². The van der Waals surface area contributed by atoms with Gasteiger partial charge in [0.15, 0.2) is 0 Å². The van der Waals surface area contributed by atoms with Crippen LogP contribution < -0.4 is 5.84 Å². The maximum atomic E-state index is 10.2. The minimum atomic E-state index is -3.88. The third-order valence-electron chi connectivity index (χ3n) is 0.966. The molecule has 11 heavy (non-hydrogen) atoms. The maximum absolute atomic E-state index is 10.2. The van der Waals surface area contributed by atoms with Gasteiger partial charge in [0.1, 0.15) is 6.34 Å². The van der Waals surface area contributed by atoms with Crippen molar-refractivity contribution in [3.05, 3.63) is 0 Å². The van der Waals surface area contributed by atoms with E-state index in [4.69, 9.17) is 10.4 Å². The van der Waals surface area contributed by atoms with Crippen LogP contribution >= 0.6 is 0 Å². The van der Waals surface area contributed by atoms with Crippen molar-refractivity contribution in [3.63, 3.8) is 0 Å². The van der Waals surface area contributed by atoms with Gasteiger partial charge in [0, 0.05) is 13.6 Å². The van der Waals surface area contributed by atoms with Gasteiger partial charge >= 0.3 is 0 Å². The molecule has 6 nitrogen and oxygen atoms in total. The molecule has 0 amide bonds.